The van der Waals surface area contributed by atoms with Crippen LogP contribution in [0, 0.1) is 10.1 Å². The lowest BCUT2D eigenvalue weighted by Crippen LogP contribution is -2.42. The molecular weight excluding hydrogens is 262 g/mol. The van der Waals surface area contributed by atoms with Crippen molar-refractivity contribution < 1.29 is 14.2 Å². The van der Waals surface area contributed by atoms with Crippen molar-refractivity contribution in [3.05, 3.63) is 21.6 Å². The number of hydrogen-bond acceptors (Lipinski definition) is 5. The second-order valence-corrected chi connectivity index (χ2v) is 5.50. The van der Waals surface area contributed by atoms with E-state index in [4.69, 9.17) is 4.52 Å². The highest BCUT2D eigenvalue weighted by Crippen LogP contribution is 2.31. The average Bonchev–Trinajstić information content (AvgIpc) is 2.83. The van der Waals surface area contributed by atoms with Crippen molar-refractivity contribution in [2.24, 2.45) is 0 Å². The van der Waals surface area contributed by atoms with Gasteiger partial charge in [-0.1, -0.05) is 19.0 Å². The van der Waals surface area contributed by atoms with E-state index >= 15 is 0 Å². The molecular formula is C13H19N3O4. The van der Waals surface area contributed by atoms with Crippen LogP contribution in [0.5, 0.6) is 0 Å². The number of carbonyl (C=O) groups is 1. The third-order valence-electron chi connectivity index (χ3n) is 3.67. The summed E-state index contributed by atoms with van der Waals surface area (Å²) < 4.78 is 5.03. The molecule has 1 amide bonds. The van der Waals surface area contributed by atoms with Gasteiger partial charge < -0.3 is 9.42 Å². The second kappa shape index (κ2) is 5.60. The molecule has 0 aliphatic carbocycles. The predicted octanol–water partition coefficient (Wildman–Crippen LogP) is 2.72. The first-order valence-corrected chi connectivity index (χ1v) is 6.88. The molecule has 20 heavy (non-hydrogen) atoms. The van der Waals surface area contributed by atoms with Crippen molar-refractivity contribution in [2.75, 3.05) is 6.54 Å². The van der Waals surface area contributed by atoms with Crippen LogP contribution >= 0.6 is 0 Å². The maximum absolute atomic E-state index is 12.5. The lowest BCUT2D eigenvalue weighted by atomic mass is 10.0. The molecule has 0 spiro atoms. The molecule has 1 aliphatic rings. The highest BCUT2D eigenvalue weighted by molar-refractivity contribution is 5.96. The second-order valence-electron chi connectivity index (χ2n) is 5.50. The Balaban J connectivity index is 2.37. The van der Waals surface area contributed by atoms with Gasteiger partial charge in [0.15, 0.2) is 0 Å². The molecule has 7 nitrogen and oxygen atoms in total. The number of rotatable bonds is 3. The van der Waals surface area contributed by atoms with Crippen LogP contribution in [0.2, 0.25) is 0 Å². The van der Waals surface area contributed by atoms with Crippen molar-refractivity contribution in [3.63, 3.8) is 0 Å². The van der Waals surface area contributed by atoms with Crippen molar-refractivity contribution in [3.8, 4) is 0 Å². The molecule has 0 N–H and O–H groups in total. The van der Waals surface area contributed by atoms with E-state index in [0.29, 0.717) is 6.54 Å². The van der Waals surface area contributed by atoms with Crippen LogP contribution in [0.15, 0.2) is 4.52 Å². The van der Waals surface area contributed by atoms with Crippen LogP contribution < -0.4 is 0 Å². The van der Waals surface area contributed by atoms with Crippen molar-refractivity contribution in [1.82, 2.24) is 10.1 Å². The van der Waals surface area contributed by atoms with E-state index in [-0.39, 0.29) is 29.1 Å². The highest BCUT2D eigenvalue weighted by Gasteiger charge is 2.36. The molecule has 0 saturated carbocycles. The van der Waals surface area contributed by atoms with Crippen LogP contribution in [0.3, 0.4) is 0 Å². The zero-order chi connectivity index (χ0) is 14.9. The minimum atomic E-state index is -0.576. The summed E-state index contributed by atoms with van der Waals surface area (Å²) in [5.41, 5.74) is -0.463. The Morgan fingerprint density at radius 2 is 2.20 bits per heavy atom. The third kappa shape index (κ3) is 2.52. The Morgan fingerprint density at radius 1 is 1.50 bits per heavy atom. The summed E-state index contributed by atoms with van der Waals surface area (Å²) in [6, 6.07) is 0.0788. The van der Waals surface area contributed by atoms with Crippen LogP contribution in [-0.4, -0.2) is 33.5 Å². The van der Waals surface area contributed by atoms with Crippen molar-refractivity contribution >= 4 is 11.6 Å². The fourth-order valence-corrected chi connectivity index (χ4v) is 2.53. The SMILES string of the molecule is CC(C)c1onc(C(=O)N2CCCC[C@H]2C)c1[N+](=O)[O-]. The van der Waals surface area contributed by atoms with Gasteiger partial charge in [-0.25, -0.2) is 0 Å². The van der Waals surface area contributed by atoms with Gasteiger partial charge in [-0.3, -0.25) is 14.9 Å². The van der Waals surface area contributed by atoms with E-state index in [1.165, 1.54) is 0 Å². The quantitative estimate of drug-likeness (QED) is 0.627. The Morgan fingerprint density at radius 3 is 2.75 bits per heavy atom. The molecule has 1 aromatic rings. The number of likely N-dealkylation sites (tertiary alicyclic amines) is 1. The third-order valence-corrected chi connectivity index (χ3v) is 3.67. The van der Waals surface area contributed by atoms with E-state index in [1.54, 1.807) is 18.7 Å². The number of carbonyl (C=O) groups excluding carboxylic acids is 1. The first-order chi connectivity index (χ1) is 9.43. The first-order valence-electron chi connectivity index (χ1n) is 6.88. The van der Waals surface area contributed by atoms with E-state index in [1.807, 2.05) is 6.92 Å². The first kappa shape index (κ1) is 14.5. The molecule has 0 unspecified atom stereocenters. The number of aromatic nitrogens is 1. The van der Waals surface area contributed by atoms with Crippen LogP contribution in [0.25, 0.3) is 0 Å². The maximum atomic E-state index is 12.5. The lowest BCUT2D eigenvalue weighted by molar-refractivity contribution is -0.386. The van der Waals surface area contributed by atoms with Gasteiger partial charge in [-0.15, -0.1) is 0 Å². The number of nitro groups is 1. The van der Waals surface area contributed by atoms with Crippen molar-refractivity contribution in [1.29, 1.82) is 0 Å². The van der Waals surface area contributed by atoms with E-state index < -0.39 is 10.8 Å². The summed E-state index contributed by atoms with van der Waals surface area (Å²) in [4.78, 5) is 24.8. The van der Waals surface area contributed by atoms with Gasteiger partial charge in [-0.2, -0.15) is 0 Å². The van der Waals surface area contributed by atoms with Gasteiger partial charge in [0.1, 0.15) is 0 Å². The molecule has 1 atom stereocenters. The minimum Gasteiger partial charge on any atom is -0.353 e. The maximum Gasteiger partial charge on any atom is 0.344 e. The van der Waals surface area contributed by atoms with Crippen LogP contribution in [0.4, 0.5) is 5.69 Å². The zero-order valence-corrected chi connectivity index (χ0v) is 12.0. The molecule has 2 heterocycles. The molecule has 1 fully saturated rings. The summed E-state index contributed by atoms with van der Waals surface area (Å²) in [7, 11) is 0. The predicted molar refractivity (Wildman–Crippen MR) is 71.6 cm³/mol. The van der Waals surface area contributed by atoms with Gasteiger partial charge >= 0.3 is 5.69 Å². The summed E-state index contributed by atoms with van der Waals surface area (Å²) in [5, 5.41) is 14.9. The molecule has 7 heteroatoms. The van der Waals surface area contributed by atoms with Gasteiger partial charge in [0.25, 0.3) is 5.91 Å². The van der Waals surface area contributed by atoms with Crippen LogP contribution in [-0.2, 0) is 0 Å². The number of amides is 1. The Hall–Kier alpha value is -1.92. The smallest absolute Gasteiger partial charge is 0.344 e. The molecule has 110 valence electrons. The summed E-state index contributed by atoms with van der Waals surface area (Å²) in [6.07, 6.45) is 2.90. The molecule has 0 radical (unpaired) electrons. The summed E-state index contributed by atoms with van der Waals surface area (Å²) >= 11 is 0. The molecule has 1 aromatic heterocycles. The molecule has 2 rings (SSSR count). The normalized spacial score (nSPS) is 19.4. The fourth-order valence-electron chi connectivity index (χ4n) is 2.53. The Kier molecular flexibility index (Phi) is 4.06. The van der Waals surface area contributed by atoms with Gasteiger partial charge in [0.05, 0.1) is 4.92 Å². The monoisotopic (exact) mass is 281 g/mol. The highest BCUT2D eigenvalue weighted by atomic mass is 16.6. The minimum absolute atomic E-state index is 0.0788. The topological polar surface area (TPSA) is 89.5 Å². The van der Waals surface area contributed by atoms with Gasteiger partial charge in [0, 0.05) is 18.5 Å². The van der Waals surface area contributed by atoms with Gasteiger partial charge in [-0.05, 0) is 26.2 Å². The number of hydrogen-bond donors (Lipinski definition) is 0. The lowest BCUT2D eigenvalue weighted by Gasteiger charge is -2.32. The largest absolute Gasteiger partial charge is 0.353 e. The fraction of sp³-hybridized carbons (Fsp3) is 0.692. The van der Waals surface area contributed by atoms with Crippen LogP contribution in [0.1, 0.15) is 62.2 Å². The van der Waals surface area contributed by atoms with E-state index in [0.717, 1.165) is 19.3 Å². The summed E-state index contributed by atoms with van der Waals surface area (Å²) in [6.45, 7) is 6.10. The van der Waals surface area contributed by atoms with E-state index in [2.05, 4.69) is 5.16 Å². The number of nitrogens with zero attached hydrogens (tertiary/aromatic N) is 3. The number of piperidine rings is 1. The molecule has 1 saturated heterocycles. The molecule has 0 bridgehead atoms. The molecule has 1 aliphatic heterocycles. The Labute approximate surface area is 117 Å². The van der Waals surface area contributed by atoms with Gasteiger partial charge in [0.2, 0.25) is 11.5 Å². The summed E-state index contributed by atoms with van der Waals surface area (Å²) in [5.74, 6) is -0.439. The average molecular weight is 281 g/mol. The van der Waals surface area contributed by atoms with Crippen molar-refractivity contribution in [2.45, 2.75) is 52.0 Å². The Bertz CT molecular complexity index is 524. The standard InChI is InChI=1S/C13H19N3O4/c1-8(2)12-11(16(18)19)10(14-20-12)13(17)15-7-5-4-6-9(15)3/h8-9H,4-7H2,1-3H3/t9-/m1/s1. The molecule has 0 aromatic carbocycles. The zero-order valence-electron chi connectivity index (χ0n) is 12.0. The van der Waals surface area contributed by atoms with E-state index in [9.17, 15) is 14.9 Å².